The number of nitrogens with zero attached hydrogens (tertiary/aromatic N) is 1. The van der Waals surface area contributed by atoms with E-state index >= 15 is 0 Å². The molecule has 0 saturated heterocycles. The van der Waals surface area contributed by atoms with E-state index in [-0.39, 0.29) is 11.9 Å². The lowest BCUT2D eigenvalue weighted by Crippen LogP contribution is -2.39. The number of furan rings is 1. The van der Waals surface area contributed by atoms with Gasteiger partial charge in [-0.05, 0) is 66.2 Å². The molecule has 0 radical (unpaired) electrons. The summed E-state index contributed by atoms with van der Waals surface area (Å²) in [4.78, 5) is 16.4. The first-order valence-electron chi connectivity index (χ1n) is 9.78. The third-order valence-corrected chi connectivity index (χ3v) is 6.42. The number of methoxy groups -OCH3 is 1. The standard InChI is InChI=1S/C23H25NO3S/c1-3-20-19-13-15-28-22(19)12-14-24(20)23(25)11-9-18-8-10-21(27-18)16-4-6-17(26-2)7-5-16/h4-8,10,13,15,20H,3,9,11-12,14H2,1-2H3. The smallest absolute Gasteiger partial charge is 0.223 e. The molecule has 28 heavy (non-hydrogen) atoms. The molecule has 146 valence electrons. The number of thiophene rings is 1. The Morgan fingerprint density at radius 2 is 2.04 bits per heavy atom. The van der Waals surface area contributed by atoms with Crippen LogP contribution >= 0.6 is 11.3 Å². The molecule has 0 saturated carbocycles. The SMILES string of the molecule is CCC1c2ccsc2CCN1C(=O)CCc1ccc(-c2ccc(OC)cc2)o1. The number of rotatable bonds is 6. The zero-order chi connectivity index (χ0) is 19.5. The maximum atomic E-state index is 12.9. The summed E-state index contributed by atoms with van der Waals surface area (Å²) in [5, 5.41) is 2.14. The normalized spacial score (nSPS) is 16.1. The second-order valence-electron chi connectivity index (χ2n) is 7.05. The van der Waals surface area contributed by atoms with Gasteiger partial charge in [0.25, 0.3) is 0 Å². The molecule has 1 amide bonds. The van der Waals surface area contributed by atoms with Gasteiger partial charge in [0.1, 0.15) is 17.3 Å². The van der Waals surface area contributed by atoms with Crippen molar-refractivity contribution < 1.29 is 13.9 Å². The maximum Gasteiger partial charge on any atom is 0.223 e. The van der Waals surface area contributed by atoms with Crippen molar-refractivity contribution in [1.82, 2.24) is 4.90 Å². The van der Waals surface area contributed by atoms with Crippen LogP contribution in [0, 0.1) is 0 Å². The third-order valence-electron chi connectivity index (χ3n) is 5.42. The molecule has 0 aliphatic carbocycles. The number of hydrogen-bond acceptors (Lipinski definition) is 4. The van der Waals surface area contributed by atoms with E-state index in [0.29, 0.717) is 12.8 Å². The summed E-state index contributed by atoms with van der Waals surface area (Å²) in [7, 11) is 1.65. The van der Waals surface area contributed by atoms with E-state index < -0.39 is 0 Å². The average Bonchev–Trinajstić information content (AvgIpc) is 3.40. The minimum atomic E-state index is 0.214. The number of hydrogen-bond donors (Lipinski definition) is 0. The van der Waals surface area contributed by atoms with Gasteiger partial charge >= 0.3 is 0 Å². The second-order valence-corrected chi connectivity index (χ2v) is 8.06. The molecular weight excluding hydrogens is 370 g/mol. The molecule has 0 spiro atoms. The van der Waals surface area contributed by atoms with Crippen LogP contribution in [0.15, 0.2) is 52.3 Å². The summed E-state index contributed by atoms with van der Waals surface area (Å²) >= 11 is 1.81. The van der Waals surface area contributed by atoms with E-state index in [1.165, 1.54) is 10.4 Å². The van der Waals surface area contributed by atoms with Crippen LogP contribution in [-0.2, 0) is 17.6 Å². The van der Waals surface area contributed by atoms with Crippen molar-refractivity contribution in [2.24, 2.45) is 0 Å². The van der Waals surface area contributed by atoms with Crippen molar-refractivity contribution >= 4 is 17.2 Å². The number of carbonyl (C=O) groups excluding carboxylic acids is 1. The Labute approximate surface area is 169 Å². The predicted octanol–water partition coefficient (Wildman–Crippen LogP) is 5.49. The Bertz CT molecular complexity index is 941. The molecular formula is C23H25NO3S. The van der Waals surface area contributed by atoms with Crippen LogP contribution in [0.4, 0.5) is 0 Å². The first kappa shape index (κ1) is 18.8. The zero-order valence-electron chi connectivity index (χ0n) is 16.3. The van der Waals surface area contributed by atoms with Gasteiger partial charge in [-0.1, -0.05) is 6.92 Å². The number of aryl methyl sites for hydroxylation is 1. The predicted molar refractivity (Wildman–Crippen MR) is 112 cm³/mol. The average molecular weight is 396 g/mol. The summed E-state index contributed by atoms with van der Waals surface area (Å²) in [5.41, 5.74) is 2.34. The summed E-state index contributed by atoms with van der Waals surface area (Å²) in [6.07, 6.45) is 3.03. The van der Waals surface area contributed by atoms with Crippen molar-refractivity contribution in [3.63, 3.8) is 0 Å². The molecule has 1 unspecified atom stereocenters. The minimum absolute atomic E-state index is 0.214. The molecule has 5 heteroatoms. The van der Waals surface area contributed by atoms with Crippen LogP contribution in [0.2, 0.25) is 0 Å². The fourth-order valence-electron chi connectivity index (χ4n) is 3.93. The maximum absolute atomic E-state index is 12.9. The lowest BCUT2D eigenvalue weighted by molar-refractivity contribution is -0.134. The van der Waals surface area contributed by atoms with Gasteiger partial charge in [-0.3, -0.25) is 4.79 Å². The molecule has 3 aromatic rings. The van der Waals surface area contributed by atoms with Crippen molar-refractivity contribution in [3.05, 3.63) is 64.0 Å². The number of amides is 1. The van der Waals surface area contributed by atoms with Crippen molar-refractivity contribution in [1.29, 1.82) is 0 Å². The molecule has 2 aromatic heterocycles. The number of carbonyl (C=O) groups is 1. The lowest BCUT2D eigenvalue weighted by atomic mass is 9.97. The summed E-state index contributed by atoms with van der Waals surface area (Å²) in [6, 6.07) is 14.1. The largest absolute Gasteiger partial charge is 0.497 e. The van der Waals surface area contributed by atoms with Gasteiger partial charge < -0.3 is 14.1 Å². The van der Waals surface area contributed by atoms with Gasteiger partial charge in [0.2, 0.25) is 5.91 Å². The monoisotopic (exact) mass is 395 g/mol. The Morgan fingerprint density at radius 3 is 2.79 bits per heavy atom. The van der Waals surface area contributed by atoms with Crippen LogP contribution < -0.4 is 4.74 Å². The minimum Gasteiger partial charge on any atom is -0.497 e. The quantitative estimate of drug-likeness (QED) is 0.555. The van der Waals surface area contributed by atoms with Crippen molar-refractivity contribution in [2.45, 2.75) is 38.6 Å². The molecule has 0 N–H and O–H groups in total. The molecule has 1 aromatic carbocycles. The number of benzene rings is 1. The second kappa shape index (κ2) is 8.23. The van der Waals surface area contributed by atoms with Gasteiger partial charge in [0, 0.05) is 29.8 Å². The van der Waals surface area contributed by atoms with E-state index in [0.717, 1.165) is 42.2 Å². The van der Waals surface area contributed by atoms with Crippen LogP contribution in [0.3, 0.4) is 0 Å². The van der Waals surface area contributed by atoms with Crippen LogP contribution in [-0.4, -0.2) is 24.5 Å². The molecule has 1 aliphatic heterocycles. The van der Waals surface area contributed by atoms with E-state index in [9.17, 15) is 4.79 Å². The van der Waals surface area contributed by atoms with Crippen LogP contribution in [0.25, 0.3) is 11.3 Å². The summed E-state index contributed by atoms with van der Waals surface area (Å²) in [6.45, 7) is 2.98. The van der Waals surface area contributed by atoms with Crippen molar-refractivity contribution in [3.8, 4) is 17.1 Å². The fraction of sp³-hybridized carbons (Fsp3) is 0.348. The zero-order valence-corrected chi connectivity index (χ0v) is 17.1. The van der Waals surface area contributed by atoms with E-state index in [4.69, 9.17) is 9.15 Å². The fourth-order valence-corrected chi connectivity index (χ4v) is 4.86. The highest BCUT2D eigenvalue weighted by Crippen LogP contribution is 2.35. The Hall–Kier alpha value is -2.53. The van der Waals surface area contributed by atoms with Crippen molar-refractivity contribution in [2.75, 3.05) is 13.7 Å². The Balaban J connectivity index is 1.39. The molecule has 1 atom stereocenters. The van der Waals surface area contributed by atoms with E-state index in [1.807, 2.05) is 47.7 Å². The highest BCUT2D eigenvalue weighted by molar-refractivity contribution is 7.10. The van der Waals surface area contributed by atoms with Gasteiger partial charge in [0.15, 0.2) is 0 Å². The topological polar surface area (TPSA) is 42.7 Å². The molecule has 1 aliphatic rings. The van der Waals surface area contributed by atoms with Crippen LogP contribution in [0.1, 0.15) is 42.0 Å². The van der Waals surface area contributed by atoms with Crippen LogP contribution in [0.5, 0.6) is 5.75 Å². The van der Waals surface area contributed by atoms with E-state index in [2.05, 4.69) is 23.3 Å². The Morgan fingerprint density at radius 1 is 1.21 bits per heavy atom. The highest BCUT2D eigenvalue weighted by atomic mass is 32.1. The molecule has 3 heterocycles. The molecule has 0 bridgehead atoms. The number of ether oxygens (including phenoxy) is 1. The first-order valence-corrected chi connectivity index (χ1v) is 10.7. The molecule has 4 nitrogen and oxygen atoms in total. The number of fused-ring (bicyclic) bond motifs is 1. The highest BCUT2D eigenvalue weighted by Gasteiger charge is 2.30. The van der Waals surface area contributed by atoms with Gasteiger partial charge in [-0.15, -0.1) is 11.3 Å². The van der Waals surface area contributed by atoms with E-state index in [1.54, 1.807) is 7.11 Å². The van der Waals surface area contributed by atoms with Gasteiger partial charge in [-0.25, -0.2) is 0 Å². The first-order chi connectivity index (χ1) is 13.7. The lowest BCUT2D eigenvalue weighted by Gasteiger charge is -2.35. The molecule has 4 rings (SSSR count). The molecule has 0 fully saturated rings. The Kier molecular flexibility index (Phi) is 5.53. The van der Waals surface area contributed by atoms with Gasteiger partial charge in [0.05, 0.1) is 13.2 Å². The third kappa shape index (κ3) is 3.72. The summed E-state index contributed by atoms with van der Waals surface area (Å²) < 4.78 is 11.2. The van der Waals surface area contributed by atoms with Gasteiger partial charge in [-0.2, -0.15) is 0 Å². The summed E-state index contributed by atoms with van der Waals surface area (Å²) in [5.74, 6) is 2.70.